The van der Waals surface area contributed by atoms with Crippen LogP contribution in [-0.2, 0) is 17.9 Å². The fourth-order valence-corrected chi connectivity index (χ4v) is 4.94. The molecule has 2 aromatic heterocycles. The standard InChI is InChI=1S/C28H30N4O/c1-21-18-31(19-24-12-7-8-15-29-24)16-14-25(21)30-28(33)20-32-26-13-6-5-11-23(26)17-27(32)22-9-3-2-4-10-22/h2-13,15,17,21,25H,14,16,18-20H2,1H3,(H,30,33). The Labute approximate surface area is 195 Å². The molecule has 0 saturated carbocycles. The lowest BCUT2D eigenvalue weighted by Crippen LogP contribution is -2.50. The van der Waals surface area contributed by atoms with Crippen LogP contribution in [0.5, 0.6) is 0 Å². The highest BCUT2D eigenvalue weighted by molar-refractivity contribution is 5.89. The molecule has 168 valence electrons. The van der Waals surface area contributed by atoms with Crippen LogP contribution in [0.15, 0.2) is 85.1 Å². The molecular formula is C28H30N4O. The molecule has 5 rings (SSSR count). The maximum Gasteiger partial charge on any atom is 0.240 e. The Hall–Kier alpha value is -3.44. The average molecular weight is 439 g/mol. The maximum absolute atomic E-state index is 13.2. The van der Waals surface area contributed by atoms with Gasteiger partial charge in [-0.1, -0.05) is 61.5 Å². The SMILES string of the molecule is CC1CN(Cc2ccccn2)CCC1NC(=O)Cn1c(-c2ccccc2)cc2ccccc21. The second kappa shape index (κ2) is 9.59. The summed E-state index contributed by atoms with van der Waals surface area (Å²) in [6.45, 7) is 5.34. The van der Waals surface area contributed by atoms with Gasteiger partial charge in [-0.2, -0.15) is 0 Å². The van der Waals surface area contributed by atoms with Gasteiger partial charge in [-0.3, -0.25) is 14.7 Å². The Bertz CT molecular complexity index is 1220. The minimum Gasteiger partial charge on any atom is -0.351 e. The van der Waals surface area contributed by atoms with Gasteiger partial charge in [0, 0.05) is 48.5 Å². The number of benzene rings is 2. The van der Waals surface area contributed by atoms with E-state index >= 15 is 0 Å². The number of para-hydroxylation sites is 1. The van der Waals surface area contributed by atoms with E-state index in [4.69, 9.17) is 0 Å². The van der Waals surface area contributed by atoms with Crippen LogP contribution in [0.25, 0.3) is 22.2 Å². The Morgan fingerprint density at radius 3 is 2.61 bits per heavy atom. The minimum atomic E-state index is 0.0727. The third-order valence-electron chi connectivity index (χ3n) is 6.63. The first kappa shape index (κ1) is 21.4. The highest BCUT2D eigenvalue weighted by Gasteiger charge is 2.27. The summed E-state index contributed by atoms with van der Waals surface area (Å²) in [4.78, 5) is 20.1. The van der Waals surface area contributed by atoms with Gasteiger partial charge in [0.15, 0.2) is 0 Å². The number of piperidine rings is 1. The summed E-state index contributed by atoms with van der Waals surface area (Å²) in [6.07, 6.45) is 2.80. The van der Waals surface area contributed by atoms with E-state index in [0.717, 1.165) is 53.9 Å². The number of likely N-dealkylation sites (tertiary alicyclic amines) is 1. The largest absolute Gasteiger partial charge is 0.351 e. The van der Waals surface area contributed by atoms with Crippen molar-refractivity contribution in [2.24, 2.45) is 5.92 Å². The molecule has 5 heteroatoms. The van der Waals surface area contributed by atoms with E-state index in [2.05, 4.69) is 63.1 Å². The molecule has 5 nitrogen and oxygen atoms in total. The van der Waals surface area contributed by atoms with Gasteiger partial charge >= 0.3 is 0 Å². The molecule has 1 aliphatic rings. The molecular weight excluding hydrogens is 408 g/mol. The van der Waals surface area contributed by atoms with Crippen molar-refractivity contribution in [2.75, 3.05) is 13.1 Å². The second-order valence-electron chi connectivity index (χ2n) is 9.04. The van der Waals surface area contributed by atoms with Crippen LogP contribution in [0, 0.1) is 5.92 Å². The molecule has 0 bridgehead atoms. The van der Waals surface area contributed by atoms with Crippen LogP contribution in [0.1, 0.15) is 19.0 Å². The normalized spacial score (nSPS) is 18.9. The summed E-state index contributed by atoms with van der Waals surface area (Å²) in [5.41, 5.74) is 4.38. The van der Waals surface area contributed by atoms with Gasteiger partial charge in [-0.25, -0.2) is 0 Å². The molecule has 0 spiro atoms. The van der Waals surface area contributed by atoms with Crippen LogP contribution in [-0.4, -0.2) is 39.5 Å². The van der Waals surface area contributed by atoms with E-state index in [1.165, 1.54) is 0 Å². The molecule has 1 aliphatic heterocycles. The number of carbonyl (C=O) groups is 1. The van der Waals surface area contributed by atoms with Gasteiger partial charge < -0.3 is 9.88 Å². The number of nitrogens with one attached hydrogen (secondary N) is 1. The van der Waals surface area contributed by atoms with Crippen molar-refractivity contribution in [1.29, 1.82) is 0 Å². The molecule has 1 amide bonds. The molecule has 1 saturated heterocycles. The van der Waals surface area contributed by atoms with Gasteiger partial charge in [-0.15, -0.1) is 0 Å². The third-order valence-corrected chi connectivity index (χ3v) is 6.63. The molecule has 3 heterocycles. The van der Waals surface area contributed by atoms with Crippen LogP contribution in [0.4, 0.5) is 0 Å². The Kier molecular flexibility index (Phi) is 6.22. The van der Waals surface area contributed by atoms with Crippen molar-refractivity contribution < 1.29 is 4.79 Å². The molecule has 33 heavy (non-hydrogen) atoms. The van der Waals surface area contributed by atoms with E-state index in [0.29, 0.717) is 12.5 Å². The number of pyridine rings is 1. The number of aromatic nitrogens is 2. The lowest BCUT2D eigenvalue weighted by Gasteiger charge is -2.37. The second-order valence-corrected chi connectivity index (χ2v) is 9.04. The highest BCUT2D eigenvalue weighted by Crippen LogP contribution is 2.28. The average Bonchev–Trinajstić information content (AvgIpc) is 3.20. The topological polar surface area (TPSA) is 50.2 Å². The van der Waals surface area contributed by atoms with Gasteiger partial charge in [-0.05, 0) is 42.2 Å². The molecule has 0 aliphatic carbocycles. The van der Waals surface area contributed by atoms with E-state index < -0.39 is 0 Å². The molecule has 2 aromatic carbocycles. The molecule has 2 atom stereocenters. The van der Waals surface area contributed by atoms with E-state index in [1.807, 2.05) is 48.7 Å². The molecule has 2 unspecified atom stereocenters. The quantitative estimate of drug-likeness (QED) is 0.473. The van der Waals surface area contributed by atoms with Crippen LogP contribution < -0.4 is 5.32 Å². The molecule has 1 fully saturated rings. The van der Waals surface area contributed by atoms with Gasteiger partial charge in [0.25, 0.3) is 0 Å². The first-order valence-corrected chi connectivity index (χ1v) is 11.7. The third kappa shape index (κ3) is 4.83. The van der Waals surface area contributed by atoms with Crippen LogP contribution >= 0.6 is 0 Å². The summed E-state index contributed by atoms with van der Waals surface area (Å²) in [5.74, 6) is 0.463. The zero-order chi connectivity index (χ0) is 22.6. The number of nitrogens with zero attached hydrogens (tertiary/aromatic N) is 3. The first-order valence-electron chi connectivity index (χ1n) is 11.7. The summed E-state index contributed by atoms with van der Waals surface area (Å²) in [7, 11) is 0. The van der Waals surface area contributed by atoms with Crippen molar-refractivity contribution >= 4 is 16.8 Å². The Morgan fingerprint density at radius 1 is 1.03 bits per heavy atom. The van der Waals surface area contributed by atoms with E-state index in [9.17, 15) is 4.79 Å². The predicted molar refractivity (Wildman–Crippen MR) is 133 cm³/mol. The number of hydrogen-bond acceptors (Lipinski definition) is 3. The van der Waals surface area contributed by atoms with Crippen LogP contribution in [0.2, 0.25) is 0 Å². The van der Waals surface area contributed by atoms with Crippen LogP contribution in [0.3, 0.4) is 0 Å². The van der Waals surface area contributed by atoms with Crippen molar-refractivity contribution in [3.05, 3.63) is 90.8 Å². The zero-order valence-corrected chi connectivity index (χ0v) is 19.0. The molecule has 0 radical (unpaired) electrons. The lowest BCUT2D eigenvalue weighted by atomic mass is 9.93. The number of fused-ring (bicyclic) bond motifs is 1. The van der Waals surface area contributed by atoms with Crippen molar-refractivity contribution in [3.8, 4) is 11.3 Å². The summed E-state index contributed by atoms with van der Waals surface area (Å²) < 4.78 is 2.14. The summed E-state index contributed by atoms with van der Waals surface area (Å²) in [5, 5.41) is 4.49. The lowest BCUT2D eigenvalue weighted by molar-refractivity contribution is -0.123. The monoisotopic (exact) mass is 438 g/mol. The minimum absolute atomic E-state index is 0.0727. The molecule has 1 N–H and O–H groups in total. The fraction of sp³-hybridized carbons (Fsp3) is 0.286. The zero-order valence-electron chi connectivity index (χ0n) is 19.0. The Morgan fingerprint density at radius 2 is 1.82 bits per heavy atom. The highest BCUT2D eigenvalue weighted by atomic mass is 16.2. The van der Waals surface area contributed by atoms with E-state index in [-0.39, 0.29) is 11.9 Å². The number of amides is 1. The Balaban J connectivity index is 1.27. The number of rotatable bonds is 6. The summed E-state index contributed by atoms with van der Waals surface area (Å²) >= 11 is 0. The fourth-order valence-electron chi connectivity index (χ4n) is 4.94. The van der Waals surface area contributed by atoms with Crippen molar-refractivity contribution in [1.82, 2.24) is 19.8 Å². The van der Waals surface area contributed by atoms with E-state index in [1.54, 1.807) is 0 Å². The van der Waals surface area contributed by atoms with Gasteiger partial charge in [0.1, 0.15) is 6.54 Å². The number of carbonyl (C=O) groups excluding carboxylic acids is 1. The maximum atomic E-state index is 13.2. The summed E-state index contributed by atoms with van der Waals surface area (Å²) in [6, 6.07) is 27.0. The smallest absolute Gasteiger partial charge is 0.240 e. The molecule has 4 aromatic rings. The number of hydrogen-bond donors (Lipinski definition) is 1. The first-order chi connectivity index (χ1) is 16.2. The van der Waals surface area contributed by atoms with Crippen molar-refractivity contribution in [3.63, 3.8) is 0 Å². The van der Waals surface area contributed by atoms with Gasteiger partial charge in [0.05, 0.1) is 5.69 Å². The predicted octanol–water partition coefficient (Wildman–Crippen LogP) is 4.73. The van der Waals surface area contributed by atoms with Crippen molar-refractivity contribution in [2.45, 2.75) is 32.5 Å². The van der Waals surface area contributed by atoms with Gasteiger partial charge in [0.2, 0.25) is 5.91 Å².